The smallest absolute Gasteiger partial charge is 0.227 e. The van der Waals surface area contributed by atoms with Crippen molar-refractivity contribution in [2.45, 2.75) is 78.3 Å². The average Bonchev–Trinajstić information content (AvgIpc) is 2.98. The number of carbonyl (C=O) groups excluding carboxylic acids is 3. The maximum atomic E-state index is 12.8. The number of carbonyl (C=O) groups is 3. The van der Waals surface area contributed by atoms with Gasteiger partial charge in [0.2, 0.25) is 17.7 Å². The van der Waals surface area contributed by atoms with Gasteiger partial charge in [0.15, 0.2) is 0 Å². The quantitative estimate of drug-likeness (QED) is 0.812. The maximum Gasteiger partial charge on any atom is 0.227 e. The van der Waals surface area contributed by atoms with E-state index >= 15 is 0 Å². The standard InChI is InChI=1S/C20H35N3O3/c1-6-14(7-2)18(25)21-16-8-10-22(11-9-16)19(26)15-12-17(24)23(13-15)20(3,4)5/h14-16H,6-13H2,1-5H3,(H,21,25). The minimum atomic E-state index is -0.238. The SMILES string of the molecule is CCC(CC)C(=O)NC1CCN(C(=O)C2CC(=O)N(C(C)(C)C)C2)CC1. The first-order valence-corrected chi connectivity index (χ1v) is 10.1. The summed E-state index contributed by atoms with van der Waals surface area (Å²) in [7, 11) is 0. The Morgan fingerprint density at radius 1 is 1.15 bits per heavy atom. The summed E-state index contributed by atoms with van der Waals surface area (Å²) in [6, 6.07) is 0.156. The lowest BCUT2D eigenvalue weighted by Gasteiger charge is -2.35. The fourth-order valence-corrected chi connectivity index (χ4v) is 4.00. The van der Waals surface area contributed by atoms with Crippen molar-refractivity contribution in [3.8, 4) is 0 Å². The second-order valence-corrected chi connectivity index (χ2v) is 8.70. The van der Waals surface area contributed by atoms with Crippen LogP contribution in [0, 0.1) is 11.8 Å². The molecule has 3 amide bonds. The molecule has 0 spiro atoms. The van der Waals surface area contributed by atoms with Gasteiger partial charge in [0.25, 0.3) is 0 Å². The van der Waals surface area contributed by atoms with E-state index in [9.17, 15) is 14.4 Å². The van der Waals surface area contributed by atoms with Crippen molar-refractivity contribution in [3.05, 3.63) is 0 Å². The highest BCUT2D eigenvalue weighted by Gasteiger charge is 2.41. The summed E-state index contributed by atoms with van der Waals surface area (Å²) >= 11 is 0. The first kappa shape index (κ1) is 20.7. The molecule has 0 aromatic rings. The first-order valence-electron chi connectivity index (χ1n) is 10.1. The summed E-state index contributed by atoms with van der Waals surface area (Å²) in [5.41, 5.74) is -0.238. The van der Waals surface area contributed by atoms with E-state index in [2.05, 4.69) is 5.32 Å². The van der Waals surface area contributed by atoms with Gasteiger partial charge in [-0.3, -0.25) is 14.4 Å². The monoisotopic (exact) mass is 365 g/mol. The summed E-state index contributed by atoms with van der Waals surface area (Å²) in [5, 5.41) is 3.14. The summed E-state index contributed by atoms with van der Waals surface area (Å²) in [4.78, 5) is 41.0. The molecule has 2 heterocycles. The Labute approximate surface area is 157 Å². The Morgan fingerprint density at radius 2 is 1.73 bits per heavy atom. The fraction of sp³-hybridized carbons (Fsp3) is 0.850. The van der Waals surface area contributed by atoms with E-state index in [-0.39, 0.29) is 41.1 Å². The van der Waals surface area contributed by atoms with E-state index in [1.807, 2.05) is 44.4 Å². The molecule has 2 aliphatic heterocycles. The summed E-state index contributed by atoms with van der Waals surface area (Å²) < 4.78 is 0. The van der Waals surface area contributed by atoms with Gasteiger partial charge >= 0.3 is 0 Å². The molecule has 0 aromatic heterocycles. The number of hydrogen-bond acceptors (Lipinski definition) is 3. The molecule has 1 unspecified atom stereocenters. The third-order valence-electron chi connectivity index (χ3n) is 5.79. The first-order chi connectivity index (χ1) is 12.2. The van der Waals surface area contributed by atoms with Gasteiger partial charge in [0.05, 0.1) is 5.92 Å². The molecule has 0 radical (unpaired) electrons. The lowest BCUT2D eigenvalue weighted by atomic mass is 9.98. The molecular formula is C20H35N3O3. The van der Waals surface area contributed by atoms with Crippen molar-refractivity contribution in [2.75, 3.05) is 19.6 Å². The number of nitrogens with zero attached hydrogens (tertiary/aromatic N) is 2. The van der Waals surface area contributed by atoms with Crippen LogP contribution in [0.5, 0.6) is 0 Å². The van der Waals surface area contributed by atoms with Crippen LogP contribution < -0.4 is 5.32 Å². The molecule has 2 aliphatic rings. The molecule has 2 saturated heterocycles. The topological polar surface area (TPSA) is 69.7 Å². The van der Waals surface area contributed by atoms with Crippen LogP contribution in [0.15, 0.2) is 0 Å². The van der Waals surface area contributed by atoms with Crippen LogP contribution >= 0.6 is 0 Å². The molecule has 1 atom stereocenters. The van der Waals surface area contributed by atoms with Gasteiger partial charge in [0, 0.05) is 43.6 Å². The van der Waals surface area contributed by atoms with Gasteiger partial charge in [-0.15, -0.1) is 0 Å². The highest BCUT2D eigenvalue weighted by molar-refractivity contribution is 5.89. The summed E-state index contributed by atoms with van der Waals surface area (Å²) in [6.07, 6.45) is 3.63. The lowest BCUT2D eigenvalue weighted by molar-refractivity contribution is -0.137. The third kappa shape index (κ3) is 4.77. The van der Waals surface area contributed by atoms with Crippen LogP contribution in [0.1, 0.15) is 66.7 Å². The molecule has 0 aliphatic carbocycles. The fourth-order valence-electron chi connectivity index (χ4n) is 4.00. The zero-order valence-electron chi connectivity index (χ0n) is 17.0. The highest BCUT2D eigenvalue weighted by atomic mass is 16.2. The van der Waals surface area contributed by atoms with E-state index in [4.69, 9.17) is 0 Å². The molecule has 6 nitrogen and oxygen atoms in total. The van der Waals surface area contributed by atoms with Crippen LogP contribution in [0.3, 0.4) is 0 Å². The molecule has 2 rings (SSSR count). The van der Waals surface area contributed by atoms with Gasteiger partial charge in [-0.1, -0.05) is 13.8 Å². The largest absolute Gasteiger partial charge is 0.353 e. The van der Waals surface area contributed by atoms with Gasteiger partial charge in [0.1, 0.15) is 0 Å². The predicted molar refractivity (Wildman–Crippen MR) is 101 cm³/mol. The number of rotatable bonds is 5. The lowest BCUT2D eigenvalue weighted by Crippen LogP contribution is -2.49. The van der Waals surface area contributed by atoms with E-state index in [1.54, 1.807) is 0 Å². The van der Waals surface area contributed by atoms with Crippen LogP contribution in [-0.4, -0.2) is 58.7 Å². The number of hydrogen-bond donors (Lipinski definition) is 1. The Kier molecular flexibility index (Phi) is 6.69. The van der Waals surface area contributed by atoms with Crippen LogP contribution in [0.25, 0.3) is 0 Å². The summed E-state index contributed by atoms with van der Waals surface area (Å²) in [5.74, 6) is 0.167. The van der Waals surface area contributed by atoms with Crippen LogP contribution in [0.4, 0.5) is 0 Å². The van der Waals surface area contributed by atoms with Crippen molar-refractivity contribution < 1.29 is 14.4 Å². The molecule has 26 heavy (non-hydrogen) atoms. The molecule has 148 valence electrons. The second kappa shape index (κ2) is 8.40. The average molecular weight is 366 g/mol. The Hall–Kier alpha value is -1.59. The summed E-state index contributed by atoms with van der Waals surface area (Å²) in [6.45, 7) is 11.9. The van der Waals surface area contributed by atoms with Crippen LogP contribution in [-0.2, 0) is 14.4 Å². The predicted octanol–water partition coefficient (Wildman–Crippen LogP) is 2.18. The normalized spacial score (nSPS) is 22.2. The molecule has 2 fully saturated rings. The van der Waals surface area contributed by atoms with Crippen molar-refractivity contribution >= 4 is 17.7 Å². The molecular weight excluding hydrogens is 330 g/mol. The van der Waals surface area contributed by atoms with Crippen molar-refractivity contribution in [1.82, 2.24) is 15.1 Å². The second-order valence-electron chi connectivity index (χ2n) is 8.70. The van der Waals surface area contributed by atoms with Gasteiger partial charge in [-0.2, -0.15) is 0 Å². The Bertz CT molecular complexity index is 529. The molecule has 0 bridgehead atoms. The molecule has 0 aromatic carbocycles. The van der Waals surface area contributed by atoms with E-state index in [0.717, 1.165) is 25.7 Å². The number of amides is 3. The number of likely N-dealkylation sites (tertiary alicyclic amines) is 2. The van der Waals surface area contributed by atoms with E-state index in [0.29, 0.717) is 26.1 Å². The van der Waals surface area contributed by atoms with Gasteiger partial charge in [-0.05, 0) is 46.5 Å². The van der Waals surface area contributed by atoms with Gasteiger partial charge < -0.3 is 15.1 Å². The number of nitrogens with one attached hydrogen (secondary N) is 1. The minimum Gasteiger partial charge on any atom is -0.353 e. The Balaban J connectivity index is 1.84. The van der Waals surface area contributed by atoms with Crippen molar-refractivity contribution in [2.24, 2.45) is 11.8 Å². The zero-order valence-corrected chi connectivity index (χ0v) is 17.0. The number of piperidine rings is 1. The molecule has 1 N–H and O–H groups in total. The zero-order chi connectivity index (χ0) is 19.5. The third-order valence-corrected chi connectivity index (χ3v) is 5.79. The van der Waals surface area contributed by atoms with Crippen molar-refractivity contribution in [3.63, 3.8) is 0 Å². The van der Waals surface area contributed by atoms with Crippen LogP contribution in [0.2, 0.25) is 0 Å². The highest BCUT2D eigenvalue weighted by Crippen LogP contribution is 2.28. The maximum absolute atomic E-state index is 12.8. The molecule has 0 saturated carbocycles. The molecule has 6 heteroatoms. The van der Waals surface area contributed by atoms with Crippen molar-refractivity contribution in [1.29, 1.82) is 0 Å². The van der Waals surface area contributed by atoms with E-state index < -0.39 is 0 Å². The van der Waals surface area contributed by atoms with E-state index in [1.165, 1.54) is 0 Å². The minimum absolute atomic E-state index is 0.0724. The van der Waals surface area contributed by atoms with Gasteiger partial charge in [-0.25, -0.2) is 0 Å². The Morgan fingerprint density at radius 3 is 2.19 bits per heavy atom.